The molecule has 0 atom stereocenters. The van der Waals surface area contributed by atoms with E-state index in [0.29, 0.717) is 0 Å². The summed E-state index contributed by atoms with van der Waals surface area (Å²) < 4.78 is 0. The van der Waals surface area contributed by atoms with E-state index in [-0.39, 0.29) is 12.5 Å². The number of hydrogen-bond donors (Lipinski definition) is 3. The van der Waals surface area contributed by atoms with Gasteiger partial charge in [-0.3, -0.25) is 4.79 Å². The lowest BCUT2D eigenvalue weighted by Crippen LogP contribution is -2.31. The van der Waals surface area contributed by atoms with E-state index in [1.165, 1.54) is 11.1 Å². The average molecular weight is 221 g/mol. The number of carbonyl (C=O) groups is 1. The Kier molecular flexibility index (Phi) is 4.79. The first-order valence-corrected chi connectivity index (χ1v) is 5.40. The van der Waals surface area contributed by atoms with Crippen molar-refractivity contribution < 1.29 is 4.79 Å². The van der Waals surface area contributed by atoms with Gasteiger partial charge in [0, 0.05) is 18.8 Å². The van der Waals surface area contributed by atoms with E-state index in [2.05, 4.69) is 42.7 Å². The molecule has 0 fully saturated rings. The van der Waals surface area contributed by atoms with Crippen molar-refractivity contribution in [2.24, 2.45) is 5.73 Å². The molecule has 0 saturated carbocycles. The summed E-state index contributed by atoms with van der Waals surface area (Å²) >= 11 is 0. The number of aryl methyl sites for hydroxylation is 2. The fraction of sp³-hybridized carbons (Fsp3) is 0.417. The Morgan fingerprint density at radius 2 is 2.06 bits per heavy atom. The van der Waals surface area contributed by atoms with E-state index in [9.17, 15) is 4.79 Å². The average Bonchev–Trinajstić information content (AvgIpc) is 2.22. The van der Waals surface area contributed by atoms with Gasteiger partial charge in [-0.25, -0.2) is 0 Å². The van der Waals surface area contributed by atoms with Crippen LogP contribution in [0.1, 0.15) is 11.1 Å². The van der Waals surface area contributed by atoms with Crippen LogP contribution >= 0.6 is 0 Å². The maximum absolute atomic E-state index is 10.5. The van der Waals surface area contributed by atoms with Crippen LogP contribution in [0, 0.1) is 13.8 Å². The molecular formula is C12H19N3O. The SMILES string of the molecule is Cc1ccc(C)c(NCCNCC(N)=O)c1. The summed E-state index contributed by atoms with van der Waals surface area (Å²) in [5.74, 6) is -0.327. The molecule has 4 N–H and O–H groups in total. The Bertz CT molecular complexity index is 363. The number of nitrogens with two attached hydrogens (primary N) is 1. The number of primary amides is 1. The van der Waals surface area contributed by atoms with Gasteiger partial charge < -0.3 is 16.4 Å². The predicted molar refractivity (Wildman–Crippen MR) is 66.5 cm³/mol. The first kappa shape index (κ1) is 12.5. The van der Waals surface area contributed by atoms with E-state index in [0.717, 1.165) is 18.8 Å². The van der Waals surface area contributed by atoms with E-state index < -0.39 is 0 Å². The number of rotatable bonds is 6. The molecule has 0 spiro atoms. The maximum atomic E-state index is 10.5. The standard InChI is InChI=1S/C12H19N3O/c1-9-3-4-10(2)11(7-9)15-6-5-14-8-12(13)16/h3-4,7,14-15H,5-6,8H2,1-2H3,(H2,13,16). The molecule has 0 aliphatic heterocycles. The molecule has 0 radical (unpaired) electrons. The molecule has 16 heavy (non-hydrogen) atoms. The molecule has 0 unspecified atom stereocenters. The first-order chi connectivity index (χ1) is 7.59. The van der Waals surface area contributed by atoms with Crippen LogP contribution in [0.3, 0.4) is 0 Å². The third kappa shape index (κ3) is 4.31. The van der Waals surface area contributed by atoms with Gasteiger partial charge in [-0.15, -0.1) is 0 Å². The van der Waals surface area contributed by atoms with Crippen LogP contribution in [-0.2, 0) is 4.79 Å². The predicted octanol–water partition coefficient (Wildman–Crippen LogP) is 0.790. The second-order valence-corrected chi connectivity index (χ2v) is 3.89. The van der Waals surface area contributed by atoms with Gasteiger partial charge in [0.05, 0.1) is 6.54 Å². The quantitative estimate of drug-likeness (QED) is 0.622. The van der Waals surface area contributed by atoms with Crippen molar-refractivity contribution >= 4 is 11.6 Å². The van der Waals surface area contributed by atoms with Gasteiger partial charge in [-0.05, 0) is 31.0 Å². The van der Waals surface area contributed by atoms with Crippen molar-refractivity contribution in [3.63, 3.8) is 0 Å². The highest BCUT2D eigenvalue weighted by Crippen LogP contribution is 2.15. The summed E-state index contributed by atoms with van der Waals surface area (Å²) in [5, 5.41) is 6.26. The highest BCUT2D eigenvalue weighted by molar-refractivity contribution is 5.75. The van der Waals surface area contributed by atoms with Crippen molar-refractivity contribution in [2.45, 2.75) is 13.8 Å². The van der Waals surface area contributed by atoms with Crippen molar-refractivity contribution in [1.29, 1.82) is 0 Å². The minimum Gasteiger partial charge on any atom is -0.384 e. The van der Waals surface area contributed by atoms with Crippen molar-refractivity contribution in [3.8, 4) is 0 Å². The molecule has 0 aliphatic rings. The molecule has 0 aliphatic carbocycles. The van der Waals surface area contributed by atoms with Crippen LogP contribution in [-0.4, -0.2) is 25.5 Å². The minimum atomic E-state index is -0.327. The molecule has 0 saturated heterocycles. The number of carbonyl (C=O) groups excluding carboxylic acids is 1. The Balaban J connectivity index is 2.31. The van der Waals surface area contributed by atoms with E-state index in [4.69, 9.17) is 5.73 Å². The second kappa shape index (κ2) is 6.12. The lowest BCUT2D eigenvalue weighted by atomic mass is 10.1. The molecule has 4 nitrogen and oxygen atoms in total. The minimum absolute atomic E-state index is 0.231. The molecule has 1 aromatic rings. The lowest BCUT2D eigenvalue weighted by Gasteiger charge is -2.10. The molecular weight excluding hydrogens is 202 g/mol. The summed E-state index contributed by atoms with van der Waals surface area (Å²) in [7, 11) is 0. The lowest BCUT2D eigenvalue weighted by molar-refractivity contribution is -0.117. The van der Waals surface area contributed by atoms with Crippen molar-refractivity contribution in [3.05, 3.63) is 29.3 Å². The van der Waals surface area contributed by atoms with Gasteiger partial charge in [0.15, 0.2) is 0 Å². The third-order valence-electron chi connectivity index (χ3n) is 2.31. The summed E-state index contributed by atoms with van der Waals surface area (Å²) in [5.41, 5.74) is 8.60. The normalized spacial score (nSPS) is 10.1. The summed E-state index contributed by atoms with van der Waals surface area (Å²) in [6.45, 7) is 5.86. The van der Waals surface area contributed by atoms with E-state index >= 15 is 0 Å². The molecule has 1 rings (SSSR count). The molecule has 88 valence electrons. The van der Waals surface area contributed by atoms with Crippen LogP contribution in [0.5, 0.6) is 0 Å². The Morgan fingerprint density at radius 1 is 1.31 bits per heavy atom. The number of anilines is 1. The molecule has 0 heterocycles. The highest BCUT2D eigenvalue weighted by atomic mass is 16.1. The fourth-order valence-electron chi connectivity index (χ4n) is 1.42. The van der Waals surface area contributed by atoms with Crippen molar-refractivity contribution in [2.75, 3.05) is 25.0 Å². The van der Waals surface area contributed by atoms with Crippen LogP contribution in [0.4, 0.5) is 5.69 Å². The highest BCUT2D eigenvalue weighted by Gasteiger charge is 1.97. The topological polar surface area (TPSA) is 67.2 Å². The van der Waals surface area contributed by atoms with Gasteiger partial charge in [0.25, 0.3) is 0 Å². The van der Waals surface area contributed by atoms with Gasteiger partial charge >= 0.3 is 0 Å². The summed E-state index contributed by atoms with van der Waals surface area (Å²) in [6.07, 6.45) is 0. The molecule has 1 aromatic carbocycles. The van der Waals surface area contributed by atoms with Gasteiger partial charge in [0.1, 0.15) is 0 Å². The zero-order chi connectivity index (χ0) is 12.0. The zero-order valence-corrected chi connectivity index (χ0v) is 9.84. The van der Waals surface area contributed by atoms with Crippen LogP contribution in [0.25, 0.3) is 0 Å². The van der Waals surface area contributed by atoms with E-state index in [1.807, 2.05) is 0 Å². The number of nitrogens with one attached hydrogen (secondary N) is 2. The smallest absolute Gasteiger partial charge is 0.231 e. The van der Waals surface area contributed by atoms with Gasteiger partial charge in [-0.1, -0.05) is 12.1 Å². The Labute approximate surface area is 96.2 Å². The van der Waals surface area contributed by atoms with E-state index in [1.54, 1.807) is 0 Å². The van der Waals surface area contributed by atoms with Crippen LogP contribution in [0.15, 0.2) is 18.2 Å². The molecule has 4 heteroatoms. The summed E-state index contributed by atoms with van der Waals surface area (Å²) in [4.78, 5) is 10.5. The number of amides is 1. The summed E-state index contributed by atoms with van der Waals surface area (Å²) in [6, 6.07) is 6.30. The molecule has 1 amide bonds. The van der Waals surface area contributed by atoms with Crippen LogP contribution in [0.2, 0.25) is 0 Å². The maximum Gasteiger partial charge on any atom is 0.231 e. The third-order valence-corrected chi connectivity index (χ3v) is 2.31. The Hall–Kier alpha value is -1.55. The first-order valence-electron chi connectivity index (χ1n) is 5.40. The second-order valence-electron chi connectivity index (χ2n) is 3.89. The van der Waals surface area contributed by atoms with Crippen molar-refractivity contribution in [1.82, 2.24) is 5.32 Å². The Morgan fingerprint density at radius 3 is 2.75 bits per heavy atom. The van der Waals surface area contributed by atoms with Crippen LogP contribution < -0.4 is 16.4 Å². The molecule has 0 aromatic heterocycles. The zero-order valence-electron chi connectivity index (χ0n) is 9.84. The largest absolute Gasteiger partial charge is 0.384 e. The number of hydrogen-bond acceptors (Lipinski definition) is 3. The van der Waals surface area contributed by atoms with Gasteiger partial charge in [-0.2, -0.15) is 0 Å². The number of benzene rings is 1. The molecule has 0 bridgehead atoms. The monoisotopic (exact) mass is 221 g/mol. The van der Waals surface area contributed by atoms with Gasteiger partial charge in [0.2, 0.25) is 5.91 Å². The fourth-order valence-corrected chi connectivity index (χ4v) is 1.42.